The van der Waals surface area contributed by atoms with Crippen LogP contribution < -0.4 is 10.2 Å². The highest BCUT2D eigenvalue weighted by atomic mass is 127. The highest BCUT2D eigenvalue weighted by molar-refractivity contribution is 14.0. The number of guanidine groups is 1. The van der Waals surface area contributed by atoms with Crippen LogP contribution in [-0.4, -0.2) is 83.4 Å². The molecule has 3 heterocycles. The maximum atomic E-state index is 12.1. The van der Waals surface area contributed by atoms with E-state index in [9.17, 15) is 4.79 Å². The van der Waals surface area contributed by atoms with Gasteiger partial charge in [-0.05, 0) is 26.2 Å². The number of carbonyl (C=O) groups excluding carboxylic acids is 1. The van der Waals surface area contributed by atoms with E-state index in [0.717, 1.165) is 95.0 Å². The quantitative estimate of drug-likeness (QED) is 0.244. The largest absolute Gasteiger partial charge is 0.357 e. The van der Waals surface area contributed by atoms with Crippen LogP contribution in [0.15, 0.2) is 4.99 Å². The topological polar surface area (TPSA) is 77.0 Å². The van der Waals surface area contributed by atoms with E-state index in [0.29, 0.717) is 12.3 Å². The van der Waals surface area contributed by atoms with Gasteiger partial charge < -0.3 is 20.0 Å². The molecule has 0 bridgehead atoms. The highest BCUT2D eigenvalue weighted by Crippen LogP contribution is 2.19. The van der Waals surface area contributed by atoms with Gasteiger partial charge in [-0.15, -0.1) is 24.0 Å². The molecule has 0 unspecified atom stereocenters. The summed E-state index contributed by atoms with van der Waals surface area (Å²) in [6, 6.07) is 0. The third-order valence-corrected chi connectivity index (χ3v) is 6.29. The minimum atomic E-state index is 0. The molecule has 1 aromatic heterocycles. The van der Waals surface area contributed by atoms with Crippen LogP contribution in [0.2, 0.25) is 0 Å². The fourth-order valence-corrected chi connectivity index (χ4v) is 4.57. The monoisotopic (exact) mass is 549 g/mol. The van der Waals surface area contributed by atoms with Crippen molar-refractivity contribution in [3.8, 4) is 0 Å². The molecule has 10 heteroatoms. The molecule has 0 spiro atoms. The first-order chi connectivity index (χ1) is 14.2. The fourth-order valence-electron chi connectivity index (χ4n) is 3.77. The molecule has 1 amide bonds. The van der Waals surface area contributed by atoms with Crippen molar-refractivity contribution in [3.05, 3.63) is 5.82 Å². The van der Waals surface area contributed by atoms with Gasteiger partial charge in [0.05, 0.1) is 0 Å². The standard InChI is InChI=1S/C20H35N7OS.HI/c1-3-17-23-20(29-24-17)27-15-13-26(14-16-27)19(21-4-2)22-10-8-12-25-11-7-5-6-9-18(25)28;/h3-16H2,1-2H3,(H,21,22);1H. The summed E-state index contributed by atoms with van der Waals surface area (Å²) in [5.74, 6) is 2.24. The number of anilines is 1. The summed E-state index contributed by atoms with van der Waals surface area (Å²) < 4.78 is 4.40. The Morgan fingerprint density at radius 1 is 1.13 bits per heavy atom. The van der Waals surface area contributed by atoms with Crippen molar-refractivity contribution in [1.82, 2.24) is 24.5 Å². The zero-order valence-electron chi connectivity index (χ0n) is 18.3. The number of amides is 1. The summed E-state index contributed by atoms with van der Waals surface area (Å²) in [4.78, 5) is 28.2. The normalized spacial score (nSPS) is 18.3. The number of piperazine rings is 1. The second kappa shape index (κ2) is 13.3. The molecule has 2 fully saturated rings. The summed E-state index contributed by atoms with van der Waals surface area (Å²) in [7, 11) is 0. The van der Waals surface area contributed by atoms with Gasteiger partial charge in [0.15, 0.2) is 5.96 Å². The number of rotatable bonds is 7. The molecule has 170 valence electrons. The number of nitrogens with one attached hydrogen (secondary N) is 1. The van der Waals surface area contributed by atoms with Gasteiger partial charge in [0, 0.05) is 76.7 Å². The van der Waals surface area contributed by atoms with Crippen LogP contribution >= 0.6 is 35.5 Å². The van der Waals surface area contributed by atoms with Crippen molar-refractivity contribution < 1.29 is 4.79 Å². The minimum Gasteiger partial charge on any atom is -0.357 e. The van der Waals surface area contributed by atoms with E-state index < -0.39 is 0 Å². The summed E-state index contributed by atoms with van der Waals surface area (Å²) >= 11 is 1.50. The lowest BCUT2D eigenvalue weighted by Gasteiger charge is -2.36. The second-order valence-corrected chi connectivity index (χ2v) is 8.33. The summed E-state index contributed by atoms with van der Waals surface area (Å²) in [5.41, 5.74) is 0. The third-order valence-electron chi connectivity index (χ3n) is 5.48. The van der Waals surface area contributed by atoms with Crippen molar-refractivity contribution >= 4 is 52.5 Å². The zero-order chi connectivity index (χ0) is 20.5. The summed E-state index contributed by atoms with van der Waals surface area (Å²) in [6.07, 6.45) is 5.87. The number of aryl methyl sites for hydroxylation is 1. The van der Waals surface area contributed by atoms with E-state index in [4.69, 9.17) is 4.99 Å². The van der Waals surface area contributed by atoms with Gasteiger partial charge in [0.1, 0.15) is 5.82 Å². The molecule has 0 radical (unpaired) electrons. The first kappa shape index (κ1) is 25.1. The van der Waals surface area contributed by atoms with E-state index in [1.165, 1.54) is 18.0 Å². The van der Waals surface area contributed by atoms with Crippen LogP contribution in [0.5, 0.6) is 0 Å². The van der Waals surface area contributed by atoms with E-state index in [-0.39, 0.29) is 24.0 Å². The first-order valence-corrected chi connectivity index (χ1v) is 11.9. The van der Waals surface area contributed by atoms with Crippen LogP contribution in [0.3, 0.4) is 0 Å². The minimum absolute atomic E-state index is 0. The zero-order valence-corrected chi connectivity index (χ0v) is 21.5. The Bertz CT molecular complexity index is 676. The average Bonchev–Trinajstić information content (AvgIpc) is 3.14. The predicted octanol–water partition coefficient (Wildman–Crippen LogP) is 2.60. The molecule has 2 saturated heterocycles. The lowest BCUT2D eigenvalue weighted by molar-refractivity contribution is -0.130. The smallest absolute Gasteiger partial charge is 0.222 e. The lowest BCUT2D eigenvalue weighted by atomic mass is 10.2. The van der Waals surface area contributed by atoms with Crippen LogP contribution in [0.1, 0.15) is 51.8 Å². The molecule has 1 N–H and O–H groups in total. The lowest BCUT2D eigenvalue weighted by Crippen LogP contribution is -2.52. The van der Waals surface area contributed by atoms with Crippen molar-refractivity contribution in [1.29, 1.82) is 0 Å². The Morgan fingerprint density at radius 3 is 2.63 bits per heavy atom. The predicted molar refractivity (Wildman–Crippen MR) is 134 cm³/mol. The van der Waals surface area contributed by atoms with Gasteiger partial charge in [-0.3, -0.25) is 9.79 Å². The van der Waals surface area contributed by atoms with Gasteiger partial charge in [0.25, 0.3) is 0 Å². The first-order valence-electron chi connectivity index (χ1n) is 11.1. The molecular formula is C20H36IN7OS. The third kappa shape index (κ3) is 7.21. The average molecular weight is 550 g/mol. The molecule has 0 saturated carbocycles. The number of hydrogen-bond donors (Lipinski definition) is 1. The molecule has 0 aliphatic carbocycles. The molecular weight excluding hydrogens is 513 g/mol. The Hall–Kier alpha value is -1.17. The maximum Gasteiger partial charge on any atom is 0.222 e. The number of likely N-dealkylation sites (tertiary alicyclic amines) is 1. The number of carbonyl (C=O) groups is 1. The molecule has 0 aromatic carbocycles. The number of aromatic nitrogens is 2. The molecule has 2 aliphatic rings. The van der Waals surface area contributed by atoms with Gasteiger partial charge >= 0.3 is 0 Å². The van der Waals surface area contributed by atoms with Gasteiger partial charge in [0.2, 0.25) is 11.0 Å². The van der Waals surface area contributed by atoms with Crippen LogP contribution in [0.4, 0.5) is 5.13 Å². The molecule has 30 heavy (non-hydrogen) atoms. The molecule has 3 rings (SSSR count). The highest BCUT2D eigenvalue weighted by Gasteiger charge is 2.22. The van der Waals surface area contributed by atoms with Crippen LogP contribution in [-0.2, 0) is 11.2 Å². The number of nitrogens with zero attached hydrogens (tertiary/aromatic N) is 6. The maximum absolute atomic E-state index is 12.1. The molecule has 2 aliphatic heterocycles. The fraction of sp³-hybridized carbons (Fsp3) is 0.800. The summed E-state index contributed by atoms with van der Waals surface area (Å²) in [6.45, 7) is 11.3. The number of aliphatic imine (C=N–C) groups is 1. The van der Waals surface area contributed by atoms with E-state index in [1.807, 2.05) is 4.90 Å². The second-order valence-electron chi connectivity index (χ2n) is 7.60. The van der Waals surface area contributed by atoms with Crippen LogP contribution in [0.25, 0.3) is 0 Å². The van der Waals surface area contributed by atoms with Gasteiger partial charge in [-0.2, -0.15) is 4.37 Å². The molecule has 8 nitrogen and oxygen atoms in total. The Balaban J connectivity index is 0.00000320. The molecule has 0 atom stereocenters. The van der Waals surface area contributed by atoms with E-state index in [1.54, 1.807) is 0 Å². The van der Waals surface area contributed by atoms with Crippen molar-refractivity contribution in [2.45, 2.75) is 52.4 Å². The van der Waals surface area contributed by atoms with Gasteiger partial charge in [-0.1, -0.05) is 13.3 Å². The number of halogens is 1. The van der Waals surface area contributed by atoms with Crippen LogP contribution in [0, 0.1) is 0 Å². The number of hydrogen-bond acceptors (Lipinski definition) is 6. The van der Waals surface area contributed by atoms with Crippen molar-refractivity contribution in [2.24, 2.45) is 4.99 Å². The van der Waals surface area contributed by atoms with Gasteiger partial charge in [-0.25, -0.2) is 4.98 Å². The summed E-state index contributed by atoms with van der Waals surface area (Å²) in [5, 5.41) is 4.46. The Kier molecular flexibility index (Phi) is 11.1. The van der Waals surface area contributed by atoms with E-state index >= 15 is 0 Å². The SMILES string of the molecule is CCNC(=NCCCN1CCCCCC1=O)N1CCN(c2nc(CC)ns2)CC1.I. The van der Waals surface area contributed by atoms with Crippen molar-refractivity contribution in [2.75, 3.05) is 57.3 Å². The molecule has 1 aromatic rings. The Morgan fingerprint density at radius 2 is 1.93 bits per heavy atom. The Labute approximate surface area is 201 Å². The van der Waals surface area contributed by atoms with E-state index in [2.05, 4.69) is 38.3 Å². The van der Waals surface area contributed by atoms with Crippen molar-refractivity contribution in [3.63, 3.8) is 0 Å².